The summed E-state index contributed by atoms with van der Waals surface area (Å²) in [5.74, 6) is 1.70. The number of aryl methyl sites for hydroxylation is 1. The normalized spacial score (nSPS) is 15.9. The molecule has 116 valence electrons. The fraction of sp³-hybridized carbons (Fsp3) is 0.562. The molecule has 5 heteroatoms. The number of rotatable bonds is 5. The quantitative estimate of drug-likeness (QED) is 0.895. The van der Waals surface area contributed by atoms with Gasteiger partial charge >= 0.3 is 0 Å². The molecule has 1 aromatic carbocycles. The minimum Gasteiger partial charge on any atom is -0.497 e. The predicted molar refractivity (Wildman–Crippen MR) is 81.7 cm³/mol. The molecule has 0 unspecified atom stereocenters. The van der Waals surface area contributed by atoms with Crippen LogP contribution in [-0.2, 0) is 11.2 Å². The molecule has 0 aromatic heterocycles. The predicted octanol–water partition coefficient (Wildman–Crippen LogP) is 1.59. The second-order valence-corrected chi connectivity index (χ2v) is 5.44. The minimum atomic E-state index is 0.198. The third kappa shape index (κ3) is 4.36. The van der Waals surface area contributed by atoms with Crippen molar-refractivity contribution in [1.29, 1.82) is 0 Å². The van der Waals surface area contributed by atoms with E-state index < -0.39 is 0 Å². The van der Waals surface area contributed by atoms with Crippen molar-refractivity contribution >= 4 is 5.91 Å². The summed E-state index contributed by atoms with van der Waals surface area (Å²) in [6.45, 7) is 1.56. The third-order valence-corrected chi connectivity index (χ3v) is 3.93. The monoisotopic (exact) mass is 292 g/mol. The molecule has 1 aliphatic rings. The Morgan fingerprint density at radius 3 is 2.29 bits per heavy atom. The maximum atomic E-state index is 12.2. The number of carbonyl (C=O) groups excluding carboxylic acids is 1. The topological polar surface area (TPSA) is 64.8 Å². The number of piperidine rings is 1. The minimum absolute atomic E-state index is 0.198. The number of hydrogen-bond acceptors (Lipinski definition) is 4. The van der Waals surface area contributed by atoms with Crippen molar-refractivity contribution in [2.45, 2.75) is 31.7 Å². The number of benzene rings is 1. The lowest BCUT2D eigenvalue weighted by Gasteiger charge is -2.30. The molecule has 2 N–H and O–H groups in total. The lowest BCUT2D eigenvalue weighted by atomic mass is 10.0. The highest BCUT2D eigenvalue weighted by molar-refractivity contribution is 5.76. The van der Waals surface area contributed by atoms with Crippen molar-refractivity contribution < 1.29 is 14.3 Å². The van der Waals surface area contributed by atoms with Crippen molar-refractivity contribution in [3.8, 4) is 11.5 Å². The van der Waals surface area contributed by atoms with Gasteiger partial charge in [-0.05, 0) is 37.0 Å². The van der Waals surface area contributed by atoms with E-state index in [4.69, 9.17) is 15.2 Å². The molecular formula is C16H24N2O3. The summed E-state index contributed by atoms with van der Waals surface area (Å²) in [6.07, 6.45) is 3.00. The fourth-order valence-corrected chi connectivity index (χ4v) is 2.57. The van der Waals surface area contributed by atoms with E-state index in [1.165, 1.54) is 0 Å². The highest BCUT2D eigenvalue weighted by atomic mass is 16.5. The molecule has 1 amide bonds. The summed E-state index contributed by atoms with van der Waals surface area (Å²) in [5, 5.41) is 0. The Morgan fingerprint density at radius 1 is 1.19 bits per heavy atom. The fourth-order valence-electron chi connectivity index (χ4n) is 2.57. The van der Waals surface area contributed by atoms with Gasteiger partial charge < -0.3 is 20.1 Å². The molecular weight excluding hydrogens is 268 g/mol. The molecule has 1 heterocycles. The van der Waals surface area contributed by atoms with E-state index in [1.54, 1.807) is 14.2 Å². The zero-order valence-corrected chi connectivity index (χ0v) is 12.8. The van der Waals surface area contributed by atoms with Crippen LogP contribution in [0.1, 0.15) is 24.8 Å². The highest BCUT2D eigenvalue weighted by Crippen LogP contribution is 2.23. The van der Waals surface area contributed by atoms with Crippen LogP contribution < -0.4 is 15.2 Å². The van der Waals surface area contributed by atoms with Gasteiger partial charge in [-0.15, -0.1) is 0 Å². The maximum absolute atomic E-state index is 12.2. The molecule has 1 aromatic rings. The second kappa shape index (κ2) is 7.31. The summed E-state index contributed by atoms with van der Waals surface area (Å²) >= 11 is 0. The van der Waals surface area contributed by atoms with E-state index >= 15 is 0 Å². The standard InChI is InChI=1S/C16H24N2O3/c1-20-14-9-12(10-15(11-14)21-2)3-4-16(19)18-7-5-13(17)6-8-18/h9-11,13H,3-8,17H2,1-2H3. The number of carbonyl (C=O) groups is 1. The number of nitrogens with zero attached hydrogens (tertiary/aromatic N) is 1. The third-order valence-electron chi connectivity index (χ3n) is 3.93. The molecule has 5 nitrogen and oxygen atoms in total. The first-order valence-electron chi connectivity index (χ1n) is 7.37. The van der Waals surface area contributed by atoms with Gasteiger partial charge in [-0.25, -0.2) is 0 Å². The number of amides is 1. The Morgan fingerprint density at radius 2 is 1.76 bits per heavy atom. The molecule has 2 rings (SSSR count). The van der Waals surface area contributed by atoms with Crippen LogP contribution in [0.15, 0.2) is 18.2 Å². The summed E-state index contributed by atoms with van der Waals surface area (Å²) in [5.41, 5.74) is 6.91. The van der Waals surface area contributed by atoms with Gasteiger partial charge in [0.1, 0.15) is 11.5 Å². The molecule has 1 fully saturated rings. The van der Waals surface area contributed by atoms with E-state index in [2.05, 4.69) is 0 Å². The lowest BCUT2D eigenvalue weighted by molar-refractivity contribution is -0.132. The SMILES string of the molecule is COc1cc(CCC(=O)N2CCC(N)CC2)cc(OC)c1. The molecule has 0 saturated carbocycles. The first-order valence-corrected chi connectivity index (χ1v) is 7.37. The van der Waals surface area contributed by atoms with Crippen LogP contribution in [0.4, 0.5) is 0 Å². The lowest BCUT2D eigenvalue weighted by Crippen LogP contribution is -2.42. The molecule has 0 bridgehead atoms. The highest BCUT2D eigenvalue weighted by Gasteiger charge is 2.20. The number of methoxy groups -OCH3 is 2. The van der Waals surface area contributed by atoms with Gasteiger partial charge in [0, 0.05) is 31.6 Å². The Kier molecular flexibility index (Phi) is 5.44. The van der Waals surface area contributed by atoms with E-state index in [1.807, 2.05) is 23.1 Å². The molecule has 0 radical (unpaired) electrons. The number of ether oxygens (including phenoxy) is 2. The van der Waals surface area contributed by atoms with Crippen molar-refractivity contribution in [2.75, 3.05) is 27.3 Å². The van der Waals surface area contributed by atoms with E-state index in [0.29, 0.717) is 12.8 Å². The van der Waals surface area contributed by atoms with Crippen LogP contribution >= 0.6 is 0 Å². The molecule has 0 atom stereocenters. The second-order valence-electron chi connectivity index (χ2n) is 5.44. The van der Waals surface area contributed by atoms with Gasteiger partial charge in [0.15, 0.2) is 0 Å². The van der Waals surface area contributed by atoms with E-state index in [9.17, 15) is 4.79 Å². The Balaban J connectivity index is 1.91. The summed E-state index contributed by atoms with van der Waals surface area (Å²) < 4.78 is 10.5. The average molecular weight is 292 g/mol. The first kappa shape index (κ1) is 15.6. The Labute approximate surface area is 126 Å². The molecule has 0 spiro atoms. The van der Waals surface area contributed by atoms with E-state index in [-0.39, 0.29) is 11.9 Å². The molecule has 0 aliphatic carbocycles. The Bertz CT molecular complexity index is 460. The smallest absolute Gasteiger partial charge is 0.222 e. The van der Waals surface area contributed by atoms with Crippen LogP contribution in [0.5, 0.6) is 11.5 Å². The summed E-state index contributed by atoms with van der Waals surface area (Å²) in [7, 11) is 3.25. The number of hydrogen-bond donors (Lipinski definition) is 1. The van der Waals surface area contributed by atoms with Crippen LogP contribution in [0, 0.1) is 0 Å². The van der Waals surface area contributed by atoms with Crippen molar-refractivity contribution in [3.05, 3.63) is 23.8 Å². The van der Waals surface area contributed by atoms with Gasteiger partial charge in [0.25, 0.3) is 0 Å². The zero-order chi connectivity index (χ0) is 15.2. The van der Waals surface area contributed by atoms with E-state index in [0.717, 1.165) is 43.0 Å². The van der Waals surface area contributed by atoms with Gasteiger partial charge in [-0.2, -0.15) is 0 Å². The molecule has 1 aliphatic heterocycles. The van der Waals surface area contributed by atoms with Gasteiger partial charge in [-0.3, -0.25) is 4.79 Å². The van der Waals surface area contributed by atoms with Crippen LogP contribution in [0.3, 0.4) is 0 Å². The van der Waals surface area contributed by atoms with Crippen LogP contribution in [-0.4, -0.2) is 44.2 Å². The van der Waals surface area contributed by atoms with Gasteiger partial charge in [0.05, 0.1) is 14.2 Å². The van der Waals surface area contributed by atoms with Gasteiger partial charge in [0.2, 0.25) is 5.91 Å². The first-order chi connectivity index (χ1) is 10.1. The van der Waals surface area contributed by atoms with Crippen molar-refractivity contribution in [3.63, 3.8) is 0 Å². The molecule has 1 saturated heterocycles. The van der Waals surface area contributed by atoms with Crippen LogP contribution in [0.25, 0.3) is 0 Å². The largest absolute Gasteiger partial charge is 0.497 e. The summed E-state index contributed by atoms with van der Waals surface area (Å²) in [6, 6.07) is 5.97. The zero-order valence-electron chi connectivity index (χ0n) is 12.8. The molecule has 21 heavy (non-hydrogen) atoms. The summed E-state index contributed by atoms with van der Waals surface area (Å²) in [4.78, 5) is 14.1. The van der Waals surface area contributed by atoms with Crippen LogP contribution in [0.2, 0.25) is 0 Å². The maximum Gasteiger partial charge on any atom is 0.222 e. The Hall–Kier alpha value is -1.75. The number of likely N-dealkylation sites (tertiary alicyclic amines) is 1. The van der Waals surface area contributed by atoms with Gasteiger partial charge in [-0.1, -0.05) is 0 Å². The average Bonchev–Trinajstić information content (AvgIpc) is 2.52. The number of nitrogens with two attached hydrogens (primary N) is 1. The van der Waals surface area contributed by atoms with Crippen molar-refractivity contribution in [1.82, 2.24) is 4.90 Å². The van der Waals surface area contributed by atoms with Crippen molar-refractivity contribution in [2.24, 2.45) is 5.73 Å².